The Labute approximate surface area is 122 Å². The molecule has 0 N–H and O–H groups in total. The lowest BCUT2D eigenvalue weighted by molar-refractivity contribution is 0.0804. The number of nitrogens with zero attached hydrogens (tertiary/aromatic N) is 3. The van der Waals surface area contributed by atoms with Crippen LogP contribution in [0.4, 0.5) is 4.79 Å². The van der Waals surface area contributed by atoms with Crippen LogP contribution in [0.5, 0.6) is 0 Å². The largest absolute Gasteiger partial charge is 0.453 e. The maximum atomic E-state index is 11.3. The van der Waals surface area contributed by atoms with Crippen molar-refractivity contribution < 1.29 is 14.1 Å². The standard InChI is InChI=1S/C15H17N3O3/c1-9-4-5-11(6-10(9)2)13-16-14(21-17-13)12-7-18(8-12)15(19)20-3/h4-6,12H,7-8H2,1-3H3. The fourth-order valence-electron chi connectivity index (χ4n) is 2.31. The molecule has 0 unspecified atom stereocenters. The van der Waals surface area contributed by atoms with Crippen molar-refractivity contribution in [1.29, 1.82) is 0 Å². The first-order valence-corrected chi connectivity index (χ1v) is 6.82. The molecule has 1 fully saturated rings. The third-order valence-corrected chi connectivity index (χ3v) is 3.87. The summed E-state index contributed by atoms with van der Waals surface area (Å²) >= 11 is 0. The van der Waals surface area contributed by atoms with Crippen molar-refractivity contribution in [3.63, 3.8) is 0 Å². The molecule has 1 saturated heterocycles. The number of rotatable bonds is 2. The van der Waals surface area contributed by atoms with Crippen molar-refractivity contribution in [2.45, 2.75) is 19.8 Å². The average Bonchev–Trinajstić information content (AvgIpc) is 2.89. The lowest BCUT2D eigenvalue weighted by atomic mass is 10.0. The monoisotopic (exact) mass is 287 g/mol. The van der Waals surface area contributed by atoms with Crippen molar-refractivity contribution in [3.05, 3.63) is 35.2 Å². The van der Waals surface area contributed by atoms with Crippen LogP contribution in [-0.4, -0.2) is 41.3 Å². The van der Waals surface area contributed by atoms with E-state index in [0.717, 1.165) is 5.56 Å². The summed E-state index contributed by atoms with van der Waals surface area (Å²) in [5.41, 5.74) is 3.37. The Bertz CT molecular complexity index is 675. The number of carbonyl (C=O) groups is 1. The topological polar surface area (TPSA) is 68.5 Å². The Hall–Kier alpha value is -2.37. The minimum absolute atomic E-state index is 0.0943. The molecule has 0 saturated carbocycles. The molecule has 6 heteroatoms. The van der Waals surface area contributed by atoms with Crippen LogP contribution in [-0.2, 0) is 4.74 Å². The van der Waals surface area contributed by atoms with Gasteiger partial charge in [0.15, 0.2) is 0 Å². The van der Waals surface area contributed by atoms with E-state index in [4.69, 9.17) is 4.52 Å². The second kappa shape index (κ2) is 5.20. The van der Waals surface area contributed by atoms with Gasteiger partial charge < -0.3 is 14.2 Å². The molecule has 6 nitrogen and oxygen atoms in total. The van der Waals surface area contributed by atoms with Crippen LogP contribution in [0.25, 0.3) is 11.4 Å². The minimum Gasteiger partial charge on any atom is -0.453 e. The zero-order valence-corrected chi connectivity index (χ0v) is 12.3. The second-order valence-corrected chi connectivity index (χ2v) is 5.33. The first-order valence-electron chi connectivity index (χ1n) is 6.82. The number of hydrogen-bond acceptors (Lipinski definition) is 5. The predicted molar refractivity (Wildman–Crippen MR) is 75.9 cm³/mol. The number of benzene rings is 1. The predicted octanol–water partition coefficient (Wildman–Crippen LogP) is 2.52. The number of ether oxygens (including phenoxy) is 1. The van der Waals surface area contributed by atoms with Crippen molar-refractivity contribution in [1.82, 2.24) is 15.0 Å². The third kappa shape index (κ3) is 2.49. The number of aromatic nitrogens is 2. The fraction of sp³-hybridized carbons (Fsp3) is 0.400. The van der Waals surface area contributed by atoms with Crippen LogP contribution in [0, 0.1) is 13.8 Å². The lowest BCUT2D eigenvalue weighted by Crippen LogP contribution is -2.48. The lowest BCUT2D eigenvalue weighted by Gasteiger charge is -2.35. The maximum Gasteiger partial charge on any atom is 0.409 e. The van der Waals surface area contributed by atoms with Crippen molar-refractivity contribution >= 4 is 6.09 Å². The van der Waals surface area contributed by atoms with Gasteiger partial charge in [-0.25, -0.2) is 4.79 Å². The zero-order chi connectivity index (χ0) is 15.0. The SMILES string of the molecule is COC(=O)N1CC(c2nc(-c3ccc(C)c(C)c3)no2)C1. The highest BCUT2D eigenvalue weighted by atomic mass is 16.5. The van der Waals surface area contributed by atoms with E-state index in [-0.39, 0.29) is 12.0 Å². The zero-order valence-electron chi connectivity index (χ0n) is 12.3. The summed E-state index contributed by atoms with van der Waals surface area (Å²) in [6.07, 6.45) is -0.319. The van der Waals surface area contributed by atoms with E-state index in [1.54, 1.807) is 4.90 Å². The molecule has 2 heterocycles. The summed E-state index contributed by atoms with van der Waals surface area (Å²) in [7, 11) is 1.38. The molecule has 0 aliphatic carbocycles. The first-order chi connectivity index (χ1) is 10.1. The Kier molecular flexibility index (Phi) is 3.37. The quantitative estimate of drug-likeness (QED) is 0.849. The second-order valence-electron chi connectivity index (χ2n) is 5.33. The van der Waals surface area contributed by atoms with Crippen LogP contribution in [0.3, 0.4) is 0 Å². The molecule has 0 spiro atoms. The van der Waals surface area contributed by atoms with Gasteiger partial charge in [-0.15, -0.1) is 0 Å². The number of hydrogen-bond donors (Lipinski definition) is 0. The summed E-state index contributed by atoms with van der Waals surface area (Å²) in [5.74, 6) is 1.25. The number of methoxy groups -OCH3 is 1. The molecule has 1 aliphatic heterocycles. The Morgan fingerprint density at radius 3 is 2.76 bits per heavy atom. The highest BCUT2D eigenvalue weighted by molar-refractivity contribution is 5.68. The maximum absolute atomic E-state index is 11.3. The van der Waals surface area contributed by atoms with Crippen LogP contribution in [0.15, 0.2) is 22.7 Å². The summed E-state index contributed by atoms with van der Waals surface area (Å²) in [4.78, 5) is 17.3. The van der Waals surface area contributed by atoms with Gasteiger partial charge in [0.1, 0.15) is 0 Å². The molecular weight excluding hydrogens is 270 g/mol. The van der Waals surface area contributed by atoms with E-state index in [1.165, 1.54) is 18.2 Å². The van der Waals surface area contributed by atoms with E-state index < -0.39 is 0 Å². The van der Waals surface area contributed by atoms with Gasteiger partial charge >= 0.3 is 6.09 Å². The highest BCUT2D eigenvalue weighted by Crippen LogP contribution is 2.28. The normalized spacial score (nSPS) is 14.9. The molecule has 21 heavy (non-hydrogen) atoms. The smallest absolute Gasteiger partial charge is 0.409 e. The number of carbonyl (C=O) groups excluding carboxylic acids is 1. The van der Waals surface area contributed by atoms with E-state index in [9.17, 15) is 4.79 Å². The van der Waals surface area contributed by atoms with Gasteiger partial charge in [-0.1, -0.05) is 17.3 Å². The molecule has 1 aromatic carbocycles. The van der Waals surface area contributed by atoms with E-state index in [1.807, 2.05) is 18.2 Å². The summed E-state index contributed by atoms with van der Waals surface area (Å²) < 4.78 is 9.97. The van der Waals surface area contributed by atoms with Gasteiger partial charge in [0, 0.05) is 18.7 Å². The van der Waals surface area contributed by atoms with Gasteiger partial charge in [-0.3, -0.25) is 0 Å². The molecule has 1 aliphatic rings. The Balaban J connectivity index is 1.73. The Morgan fingerprint density at radius 1 is 1.33 bits per heavy atom. The van der Waals surface area contributed by atoms with E-state index >= 15 is 0 Å². The highest BCUT2D eigenvalue weighted by Gasteiger charge is 2.36. The van der Waals surface area contributed by atoms with Crippen molar-refractivity contribution in [3.8, 4) is 11.4 Å². The number of likely N-dealkylation sites (tertiary alicyclic amines) is 1. The number of aryl methyl sites for hydroxylation is 2. The molecule has 110 valence electrons. The van der Waals surface area contributed by atoms with Crippen molar-refractivity contribution in [2.24, 2.45) is 0 Å². The van der Waals surface area contributed by atoms with E-state index in [0.29, 0.717) is 24.8 Å². The fourth-order valence-corrected chi connectivity index (χ4v) is 2.31. The summed E-state index contributed by atoms with van der Waals surface area (Å²) in [6.45, 7) is 5.24. The molecule has 2 aromatic rings. The first kappa shape index (κ1) is 13.6. The molecule has 0 bridgehead atoms. The molecule has 1 amide bonds. The van der Waals surface area contributed by atoms with E-state index in [2.05, 4.69) is 28.7 Å². The average molecular weight is 287 g/mol. The van der Waals surface area contributed by atoms with Gasteiger partial charge in [0.2, 0.25) is 11.7 Å². The molecular formula is C15H17N3O3. The molecule has 0 atom stereocenters. The van der Waals surface area contributed by atoms with Gasteiger partial charge in [0.05, 0.1) is 13.0 Å². The van der Waals surface area contributed by atoms with Gasteiger partial charge in [0.25, 0.3) is 0 Å². The van der Waals surface area contributed by atoms with Gasteiger partial charge in [-0.2, -0.15) is 4.98 Å². The van der Waals surface area contributed by atoms with Crippen LogP contribution < -0.4 is 0 Å². The Morgan fingerprint density at radius 2 is 2.10 bits per heavy atom. The van der Waals surface area contributed by atoms with Crippen molar-refractivity contribution in [2.75, 3.05) is 20.2 Å². The third-order valence-electron chi connectivity index (χ3n) is 3.87. The summed E-state index contributed by atoms with van der Waals surface area (Å²) in [6, 6.07) is 6.08. The van der Waals surface area contributed by atoms with Crippen LogP contribution in [0.1, 0.15) is 22.9 Å². The minimum atomic E-state index is -0.319. The molecule has 1 aromatic heterocycles. The molecule has 3 rings (SSSR count). The summed E-state index contributed by atoms with van der Waals surface area (Å²) in [5, 5.41) is 4.03. The number of amides is 1. The van der Waals surface area contributed by atoms with Crippen LogP contribution >= 0.6 is 0 Å². The van der Waals surface area contributed by atoms with Gasteiger partial charge in [-0.05, 0) is 31.0 Å². The molecule has 0 radical (unpaired) electrons. The van der Waals surface area contributed by atoms with Crippen LogP contribution in [0.2, 0.25) is 0 Å².